The van der Waals surface area contributed by atoms with E-state index in [2.05, 4.69) is 36.4 Å². The summed E-state index contributed by atoms with van der Waals surface area (Å²) in [5.41, 5.74) is 0. The first-order valence-electron chi connectivity index (χ1n) is 3.91. The highest BCUT2D eigenvalue weighted by atomic mass is 127. The van der Waals surface area contributed by atoms with Crippen LogP contribution in [0.5, 0.6) is 0 Å². The van der Waals surface area contributed by atoms with E-state index in [9.17, 15) is 0 Å². The van der Waals surface area contributed by atoms with Gasteiger partial charge in [-0.05, 0) is 18.8 Å². The van der Waals surface area contributed by atoms with Crippen LogP contribution in [0.25, 0.3) is 0 Å². The third-order valence-electron chi connectivity index (χ3n) is 1.61. The fourth-order valence-electron chi connectivity index (χ4n) is 0.839. The molecular formula is C8H17IO. The van der Waals surface area contributed by atoms with Crippen LogP contribution < -0.4 is 0 Å². The summed E-state index contributed by atoms with van der Waals surface area (Å²) in [4.78, 5) is 0. The minimum Gasteiger partial charge on any atom is -0.396 e. The van der Waals surface area contributed by atoms with E-state index in [1.807, 2.05) is 0 Å². The summed E-state index contributed by atoms with van der Waals surface area (Å²) < 4.78 is 0.781. The predicted octanol–water partition coefficient (Wildman–Crippen LogP) is 2.61. The molecule has 10 heavy (non-hydrogen) atoms. The van der Waals surface area contributed by atoms with E-state index in [-0.39, 0.29) is 0 Å². The third-order valence-corrected chi connectivity index (χ3v) is 2.23. The van der Waals surface area contributed by atoms with Crippen LogP contribution in [0.2, 0.25) is 0 Å². The van der Waals surface area contributed by atoms with E-state index >= 15 is 0 Å². The van der Waals surface area contributed by atoms with Gasteiger partial charge in [0.2, 0.25) is 0 Å². The second-order valence-electron chi connectivity index (χ2n) is 3.00. The number of aliphatic hydroxyl groups excluding tert-OH is 1. The summed E-state index contributed by atoms with van der Waals surface area (Å²) in [7, 11) is 0. The van der Waals surface area contributed by atoms with E-state index in [0.29, 0.717) is 12.5 Å². The minimum atomic E-state index is 0.343. The van der Waals surface area contributed by atoms with Gasteiger partial charge in [-0.2, -0.15) is 0 Å². The Morgan fingerprint density at radius 1 is 1.30 bits per heavy atom. The van der Waals surface area contributed by atoms with Crippen molar-refractivity contribution in [3.05, 3.63) is 0 Å². The highest BCUT2D eigenvalue weighted by Crippen LogP contribution is 2.12. The van der Waals surface area contributed by atoms with Crippen molar-refractivity contribution in [2.45, 2.75) is 37.0 Å². The molecule has 0 rings (SSSR count). The SMILES string of the molecule is CC(I)CCCC(C)CO. The van der Waals surface area contributed by atoms with Gasteiger partial charge in [0.25, 0.3) is 0 Å². The first-order chi connectivity index (χ1) is 4.66. The van der Waals surface area contributed by atoms with Gasteiger partial charge in [0.1, 0.15) is 0 Å². The molecule has 2 unspecified atom stereocenters. The number of aliphatic hydroxyl groups is 1. The van der Waals surface area contributed by atoms with Crippen LogP contribution in [0.4, 0.5) is 0 Å². The zero-order valence-corrected chi connectivity index (χ0v) is 8.97. The maximum Gasteiger partial charge on any atom is 0.0456 e. The predicted molar refractivity (Wildman–Crippen MR) is 53.6 cm³/mol. The van der Waals surface area contributed by atoms with Crippen LogP contribution in [0.15, 0.2) is 0 Å². The molecule has 0 aliphatic carbocycles. The van der Waals surface area contributed by atoms with Crippen molar-refractivity contribution < 1.29 is 5.11 Å². The van der Waals surface area contributed by atoms with Gasteiger partial charge in [-0.1, -0.05) is 42.9 Å². The molecule has 0 bridgehead atoms. The Morgan fingerprint density at radius 3 is 2.30 bits per heavy atom. The summed E-state index contributed by atoms with van der Waals surface area (Å²) in [6.45, 7) is 4.66. The van der Waals surface area contributed by atoms with Crippen molar-refractivity contribution in [3.8, 4) is 0 Å². The largest absolute Gasteiger partial charge is 0.396 e. The summed E-state index contributed by atoms with van der Waals surface area (Å²) in [5, 5.41) is 8.70. The summed E-state index contributed by atoms with van der Waals surface area (Å²) in [6.07, 6.45) is 3.71. The quantitative estimate of drug-likeness (QED) is 0.592. The topological polar surface area (TPSA) is 20.2 Å². The molecule has 0 aromatic heterocycles. The van der Waals surface area contributed by atoms with Crippen LogP contribution in [0.1, 0.15) is 33.1 Å². The van der Waals surface area contributed by atoms with Crippen LogP contribution in [-0.2, 0) is 0 Å². The van der Waals surface area contributed by atoms with Crippen molar-refractivity contribution in [1.82, 2.24) is 0 Å². The zero-order valence-electron chi connectivity index (χ0n) is 6.81. The first-order valence-corrected chi connectivity index (χ1v) is 5.16. The Balaban J connectivity index is 3.03. The fraction of sp³-hybridized carbons (Fsp3) is 1.00. The monoisotopic (exact) mass is 256 g/mol. The van der Waals surface area contributed by atoms with Crippen molar-refractivity contribution in [3.63, 3.8) is 0 Å². The molecule has 1 N–H and O–H groups in total. The molecule has 0 saturated carbocycles. The Morgan fingerprint density at radius 2 is 1.90 bits per heavy atom. The van der Waals surface area contributed by atoms with Crippen molar-refractivity contribution in [2.24, 2.45) is 5.92 Å². The fourth-order valence-corrected chi connectivity index (χ4v) is 1.28. The van der Waals surface area contributed by atoms with Gasteiger partial charge in [-0.3, -0.25) is 0 Å². The third kappa shape index (κ3) is 6.81. The summed E-state index contributed by atoms with van der Waals surface area (Å²) in [5.74, 6) is 0.496. The van der Waals surface area contributed by atoms with E-state index in [1.165, 1.54) is 19.3 Å². The maximum atomic E-state index is 8.70. The van der Waals surface area contributed by atoms with Crippen LogP contribution in [0, 0.1) is 5.92 Å². The molecule has 1 nitrogen and oxygen atoms in total. The number of hydrogen-bond donors (Lipinski definition) is 1. The van der Waals surface area contributed by atoms with Crippen molar-refractivity contribution in [1.29, 1.82) is 0 Å². The average molecular weight is 256 g/mol. The van der Waals surface area contributed by atoms with Crippen LogP contribution in [0.3, 0.4) is 0 Å². The van der Waals surface area contributed by atoms with Gasteiger partial charge in [0, 0.05) is 10.5 Å². The standard InChI is InChI=1S/C8H17IO/c1-7(6-10)4-3-5-8(2)9/h7-8,10H,3-6H2,1-2H3. The molecule has 0 aliphatic rings. The van der Waals surface area contributed by atoms with Crippen molar-refractivity contribution >= 4 is 22.6 Å². The molecule has 0 amide bonds. The summed E-state index contributed by atoms with van der Waals surface area (Å²) >= 11 is 2.44. The molecule has 0 radical (unpaired) electrons. The molecule has 0 heterocycles. The lowest BCUT2D eigenvalue weighted by atomic mass is 10.0. The zero-order chi connectivity index (χ0) is 7.98. The Labute approximate surface area is 77.3 Å². The Hall–Kier alpha value is 0.690. The molecule has 0 aliphatic heterocycles. The average Bonchev–Trinajstić information content (AvgIpc) is 1.87. The molecule has 0 spiro atoms. The van der Waals surface area contributed by atoms with Gasteiger partial charge >= 0.3 is 0 Å². The van der Waals surface area contributed by atoms with E-state index in [1.54, 1.807) is 0 Å². The lowest BCUT2D eigenvalue weighted by Crippen LogP contribution is -2.01. The normalized spacial score (nSPS) is 16.8. The van der Waals surface area contributed by atoms with Crippen LogP contribution >= 0.6 is 22.6 Å². The lowest BCUT2D eigenvalue weighted by molar-refractivity contribution is 0.227. The van der Waals surface area contributed by atoms with Gasteiger partial charge in [0.15, 0.2) is 0 Å². The molecule has 2 heteroatoms. The number of rotatable bonds is 5. The number of halogens is 1. The van der Waals surface area contributed by atoms with Gasteiger partial charge < -0.3 is 5.11 Å². The maximum absolute atomic E-state index is 8.70. The molecule has 0 aromatic rings. The van der Waals surface area contributed by atoms with Gasteiger partial charge in [-0.25, -0.2) is 0 Å². The second kappa shape index (κ2) is 6.40. The molecule has 0 fully saturated rings. The summed E-state index contributed by atoms with van der Waals surface area (Å²) in [6, 6.07) is 0. The smallest absolute Gasteiger partial charge is 0.0456 e. The Bertz CT molecular complexity index is 73.7. The first kappa shape index (κ1) is 10.7. The highest BCUT2D eigenvalue weighted by molar-refractivity contribution is 14.1. The van der Waals surface area contributed by atoms with Crippen molar-refractivity contribution in [2.75, 3.05) is 6.61 Å². The van der Waals surface area contributed by atoms with Gasteiger partial charge in [0.05, 0.1) is 0 Å². The molecule has 0 aromatic carbocycles. The van der Waals surface area contributed by atoms with E-state index < -0.39 is 0 Å². The molecule has 2 atom stereocenters. The lowest BCUT2D eigenvalue weighted by Gasteiger charge is -2.07. The number of hydrogen-bond acceptors (Lipinski definition) is 1. The Kier molecular flexibility index (Phi) is 6.85. The molecular weight excluding hydrogens is 239 g/mol. The van der Waals surface area contributed by atoms with Gasteiger partial charge in [-0.15, -0.1) is 0 Å². The number of alkyl halides is 1. The highest BCUT2D eigenvalue weighted by Gasteiger charge is 2.00. The second-order valence-corrected chi connectivity index (χ2v) is 5.13. The van der Waals surface area contributed by atoms with E-state index in [0.717, 1.165) is 3.92 Å². The molecule has 62 valence electrons. The van der Waals surface area contributed by atoms with E-state index in [4.69, 9.17) is 5.11 Å². The van der Waals surface area contributed by atoms with Crippen LogP contribution in [-0.4, -0.2) is 15.6 Å². The minimum absolute atomic E-state index is 0.343. The molecule has 0 saturated heterocycles.